The van der Waals surface area contributed by atoms with Gasteiger partial charge in [-0.05, 0) is 69.5 Å². The number of benzene rings is 3. The summed E-state index contributed by atoms with van der Waals surface area (Å²) in [6.07, 6.45) is 1.73. The molecule has 36 heavy (non-hydrogen) atoms. The number of nitrogens with one attached hydrogen (secondary N) is 2. The van der Waals surface area contributed by atoms with Crippen molar-refractivity contribution >= 4 is 45.6 Å². The molecule has 0 spiro atoms. The first kappa shape index (κ1) is 26.7. The number of halogens is 2. The zero-order valence-corrected chi connectivity index (χ0v) is 21.3. The largest absolute Gasteiger partial charge is 0.484 e. The Hall–Kier alpha value is -3.87. The Kier molecular flexibility index (Phi) is 10.3. The molecule has 184 valence electrons. The van der Waals surface area contributed by atoms with Crippen molar-refractivity contribution in [3.8, 4) is 17.6 Å². The Morgan fingerprint density at radius 3 is 2.53 bits per heavy atom. The highest BCUT2D eigenvalue weighted by Crippen LogP contribution is 2.25. The summed E-state index contributed by atoms with van der Waals surface area (Å²) in [6.45, 7) is -0.334. The third kappa shape index (κ3) is 8.73. The number of hydrogen-bond acceptors (Lipinski definition) is 6. The summed E-state index contributed by atoms with van der Waals surface area (Å²) in [7, 11) is 0. The average Bonchev–Trinajstić information content (AvgIpc) is 2.88. The first-order valence-electron chi connectivity index (χ1n) is 10.8. The van der Waals surface area contributed by atoms with Crippen LogP contribution in [0.2, 0.25) is 5.02 Å². The van der Waals surface area contributed by atoms with E-state index in [0.29, 0.717) is 26.6 Å². The molecule has 0 aliphatic heterocycles. The molecular formula is C26H22BrClN4O4. The van der Waals surface area contributed by atoms with Gasteiger partial charge in [-0.25, -0.2) is 5.43 Å². The van der Waals surface area contributed by atoms with Gasteiger partial charge >= 0.3 is 0 Å². The molecule has 8 nitrogen and oxygen atoms in total. The Balaban J connectivity index is 1.61. The lowest BCUT2D eigenvalue weighted by Gasteiger charge is -2.17. The van der Waals surface area contributed by atoms with Crippen LogP contribution < -0.4 is 20.2 Å². The van der Waals surface area contributed by atoms with Crippen LogP contribution >= 0.6 is 27.5 Å². The molecule has 0 radical (unpaired) electrons. The van der Waals surface area contributed by atoms with Crippen LogP contribution in [0.25, 0.3) is 0 Å². The van der Waals surface area contributed by atoms with E-state index in [1.807, 2.05) is 36.4 Å². The molecule has 3 rings (SSSR count). The fourth-order valence-corrected chi connectivity index (χ4v) is 3.68. The Morgan fingerprint density at radius 1 is 1.08 bits per heavy atom. The van der Waals surface area contributed by atoms with Gasteiger partial charge < -0.3 is 14.8 Å². The van der Waals surface area contributed by atoms with E-state index in [2.05, 4.69) is 31.8 Å². The summed E-state index contributed by atoms with van der Waals surface area (Å²) >= 11 is 9.23. The van der Waals surface area contributed by atoms with Gasteiger partial charge in [-0.2, -0.15) is 10.4 Å². The van der Waals surface area contributed by atoms with Crippen molar-refractivity contribution in [2.75, 3.05) is 13.2 Å². The third-order valence-corrected chi connectivity index (χ3v) is 5.63. The molecule has 0 unspecified atom stereocenters. The molecule has 0 saturated heterocycles. The van der Waals surface area contributed by atoms with Gasteiger partial charge in [0.25, 0.3) is 11.8 Å². The Labute approximate surface area is 222 Å². The molecule has 1 atom stereocenters. The molecular weight excluding hydrogens is 548 g/mol. The minimum atomic E-state index is -0.876. The minimum absolute atomic E-state index is 0.0681. The standard InChI is InChI=1S/C26H22BrClN4O4/c27-22-14-19(6-11-24(22)35-13-12-29)16-30-32-26(34)23(15-18-4-2-1-3-5-18)31-25(33)17-36-21-9-7-20(28)8-10-21/h1-11,14,16,23H,13,15,17H2,(H,31,33)(H,32,34)/b30-16-/t23-/m1/s1. The predicted molar refractivity (Wildman–Crippen MR) is 140 cm³/mol. The molecule has 0 aliphatic carbocycles. The quantitative estimate of drug-likeness (QED) is 0.265. The fourth-order valence-electron chi connectivity index (χ4n) is 3.05. The molecule has 0 fully saturated rings. The van der Waals surface area contributed by atoms with Crippen LogP contribution in [0.5, 0.6) is 11.5 Å². The maximum absolute atomic E-state index is 12.9. The van der Waals surface area contributed by atoms with Gasteiger partial charge in [0.05, 0.1) is 10.7 Å². The predicted octanol–water partition coefficient (Wildman–Crippen LogP) is 4.26. The van der Waals surface area contributed by atoms with E-state index in [1.54, 1.807) is 42.5 Å². The molecule has 0 heterocycles. The third-order valence-electron chi connectivity index (χ3n) is 4.75. The first-order valence-corrected chi connectivity index (χ1v) is 12.0. The number of nitrogens with zero attached hydrogens (tertiary/aromatic N) is 2. The van der Waals surface area contributed by atoms with Crippen molar-refractivity contribution in [2.24, 2.45) is 5.10 Å². The fraction of sp³-hybridized carbons (Fsp3) is 0.154. The molecule has 2 amide bonds. The highest BCUT2D eigenvalue weighted by atomic mass is 79.9. The van der Waals surface area contributed by atoms with Crippen LogP contribution in [-0.4, -0.2) is 37.3 Å². The van der Waals surface area contributed by atoms with Crippen molar-refractivity contribution in [2.45, 2.75) is 12.5 Å². The molecule has 0 aromatic heterocycles. The van der Waals surface area contributed by atoms with Crippen molar-refractivity contribution in [1.29, 1.82) is 5.26 Å². The zero-order chi connectivity index (χ0) is 25.8. The Bertz CT molecular complexity index is 1250. The van der Waals surface area contributed by atoms with Gasteiger partial charge in [-0.3, -0.25) is 9.59 Å². The monoisotopic (exact) mass is 568 g/mol. The maximum atomic E-state index is 12.9. The maximum Gasteiger partial charge on any atom is 0.262 e. The van der Waals surface area contributed by atoms with E-state index >= 15 is 0 Å². The van der Waals surface area contributed by atoms with Gasteiger partial charge in [0.2, 0.25) is 0 Å². The van der Waals surface area contributed by atoms with Gasteiger partial charge in [0, 0.05) is 11.4 Å². The normalized spacial score (nSPS) is 11.4. The van der Waals surface area contributed by atoms with Gasteiger partial charge in [0.15, 0.2) is 13.2 Å². The summed E-state index contributed by atoms with van der Waals surface area (Å²) in [5.41, 5.74) is 4.04. The van der Waals surface area contributed by atoms with Gasteiger partial charge in [0.1, 0.15) is 23.6 Å². The van der Waals surface area contributed by atoms with E-state index in [0.717, 1.165) is 5.56 Å². The average molecular weight is 570 g/mol. The summed E-state index contributed by atoms with van der Waals surface area (Å²) in [5, 5.41) is 15.9. The molecule has 10 heteroatoms. The second-order valence-corrected chi connectivity index (χ2v) is 8.71. The topological polar surface area (TPSA) is 113 Å². The van der Waals surface area contributed by atoms with Crippen molar-refractivity contribution in [1.82, 2.24) is 10.7 Å². The van der Waals surface area contributed by atoms with Crippen molar-refractivity contribution in [3.63, 3.8) is 0 Å². The summed E-state index contributed by atoms with van der Waals surface area (Å²) < 4.78 is 11.4. The number of carbonyl (C=O) groups excluding carboxylic acids is 2. The van der Waals surface area contributed by atoms with E-state index in [-0.39, 0.29) is 19.6 Å². The van der Waals surface area contributed by atoms with E-state index in [1.165, 1.54) is 6.21 Å². The molecule has 3 aromatic rings. The number of rotatable bonds is 11. The van der Waals surface area contributed by atoms with Crippen LogP contribution in [-0.2, 0) is 16.0 Å². The van der Waals surface area contributed by atoms with Crippen molar-refractivity contribution < 1.29 is 19.1 Å². The van der Waals surface area contributed by atoms with Crippen LogP contribution in [0, 0.1) is 11.3 Å². The number of ether oxygens (including phenoxy) is 2. The number of amides is 2. The minimum Gasteiger partial charge on any atom is -0.484 e. The van der Waals surface area contributed by atoms with Crippen molar-refractivity contribution in [3.05, 3.63) is 93.4 Å². The number of hydrazone groups is 1. The smallest absolute Gasteiger partial charge is 0.262 e. The first-order chi connectivity index (χ1) is 17.4. The second-order valence-electron chi connectivity index (χ2n) is 7.42. The van der Waals surface area contributed by atoms with Crippen LogP contribution in [0.3, 0.4) is 0 Å². The molecule has 0 bridgehead atoms. The van der Waals surface area contributed by atoms with Gasteiger partial charge in [-0.15, -0.1) is 0 Å². The van der Waals surface area contributed by atoms with Crippen LogP contribution in [0.15, 0.2) is 82.4 Å². The highest BCUT2D eigenvalue weighted by Gasteiger charge is 2.21. The lowest BCUT2D eigenvalue weighted by molar-refractivity contribution is -0.130. The number of nitriles is 1. The van der Waals surface area contributed by atoms with Crippen LogP contribution in [0.1, 0.15) is 11.1 Å². The van der Waals surface area contributed by atoms with E-state index in [4.69, 9.17) is 26.3 Å². The highest BCUT2D eigenvalue weighted by molar-refractivity contribution is 9.10. The Morgan fingerprint density at radius 2 is 1.83 bits per heavy atom. The van der Waals surface area contributed by atoms with E-state index < -0.39 is 17.9 Å². The van der Waals surface area contributed by atoms with Crippen LogP contribution in [0.4, 0.5) is 0 Å². The van der Waals surface area contributed by atoms with E-state index in [9.17, 15) is 9.59 Å². The molecule has 3 aromatic carbocycles. The second kappa shape index (κ2) is 13.9. The zero-order valence-electron chi connectivity index (χ0n) is 19.0. The number of hydrogen-bond donors (Lipinski definition) is 2. The molecule has 2 N–H and O–H groups in total. The van der Waals surface area contributed by atoms with Gasteiger partial charge in [-0.1, -0.05) is 41.9 Å². The summed E-state index contributed by atoms with van der Waals surface area (Å²) in [4.78, 5) is 25.4. The lowest BCUT2D eigenvalue weighted by Crippen LogP contribution is -2.48. The molecule has 0 saturated carbocycles. The summed E-state index contributed by atoms with van der Waals surface area (Å²) in [6, 6.07) is 22.1. The number of carbonyl (C=O) groups is 2. The SMILES string of the molecule is N#CCOc1ccc(/C=N\NC(=O)[C@@H](Cc2ccccc2)NC(=O)COc2ccc(Cl)cc2)cc1Br. The molecule has 0 aliphatic rings. The lowest BCUT2D eigenvalue weighted by atomic mass is 10.1. The summed E-state index contributed by atoms with van der Waals surface area (Å²) in [5.74, 6) is 0.0625.